The molecule has 4 nitrogen and oxygen atoms in total. The number of nitrogens with zero attached hydrogens (tertiary/aromatic N) is 1. The number of esters is 1. The van der Waals surface area contributed by atoms with Gasteiger partial charge in [-0.05, 0) is 39.8 Å². The molecule has 0 spiro atoms. The molecule has 17 heavy (non-hydrogen) atoms. The maximum absolute atomic E-state index is 11.4. The summed E-state index contributed by atoms with van der Waals surface area (Å²) in [7, 11) is 2.15. The van der Waals surface area contributed by atoms with Gasteiger partial charge in [0.2, 0.25) is 0 Å². The summed E-state index contributed by atoms with van der Waals surface area (Å²) in [5, 5.41) is 3.30. The van der Waals surface area contributed by atoms with Gasteiger partial charge >= 0.3 is 5.97 Å². The van der Waals surface area contributed by atoms with Gasteiger partial charge in [-0.1, -0.05) is 13.3 Å². The smallest absolute Gasteiger partial charge is 0.319 e. The number of rotatable bonds is 6. The van der Waals surface area contributed by atoms with Crippen LogP contribution >= 0.6 is 0 Å². The van der Waals surface area contributed by atoms with E-state index in [9.17, 15) is 4.79 Å². The first-order valence-corrected chi connectivity index (χ1v) is 6.72. The van der Waals surface area contributed by atoms with Crippen LogP contribution in [0.4, 0.5) is 0 Å². The monoisotopic (exact) mass is 242 g/mol. The highest BCUT2D eigenvalue weighted by Gasteiger charge is 2.22. The lowest BCUT2D eigenvalue weighted by Gasteiger charge is -2.35. The van der Waals surface area contributed by atoms with E-state index < -0.39 is 0 Å². The zero-order valence-corrected chi connectivity index (χ0v) is 11.4. The van der Waals surface area contributed by atoms with E-state index in [4.69, 9.17) is 4.74 Å². The van der Waals surface area contributed by atoms with Crippen LogP contribution in [-0.4, -0.2) is 49.7 Å². The fourth-order valence-corrected chi connectivity index (χ4v) is 2.08. The number of likely N-dealkylation sites (tertiary alicyclic amines) is 1. The van der Waals surface area contributed by atoms with Crippen LogP contribution in [0.3, 0.4) is 0 Å². The minimum Gasteiger partial charge on any atom is -0.465 e. The lowest BCUT2D eigenvalue weighted by atomic mass is 9.99. The van der Waals surface area contributed by atoms with Crippen LogP contribution in [0.2, 0.25) is 0 Å². The van der Waals surface area contributed by atoms with Gasteiger partial charge in [-0.2, -0.15) is 0 Å². The van der Waals surface area contributed by atoms with Crippen molar-refractivity contribution in [3.8, 4) is 0 Å². The highest BCUT2D eigenvalue weighted by molar-refractivity contribution is 5.71. The zero-order valence-electron chi connectivity index (χ0n) is 11.4. The zero-order chi connectivity index (χ0) is 12.7. The van der Waals surface area contributed by atoms with Crippen molar-refractivity contribution in [3.63, 3.8) is 0 Å². The predicted octanol–water partition coefficient (Wildman–Crippen LogP) is 1.40. The Kier molecular flexibility index (Phi) is 6.52. The largest absolute Gasteiger partial charge is 0.465 e. The van der Waals surface area contributed by atoms with Crippen molar-refractivity contribution in [3.05, 3.63) is 0 Å². The quantitative estimate of drug-likeness (QED) is 0.565. The molecule has 1 N–H and O–H groups in total. The van der Waals surface area contributed by atoms with E-state index in [1.807, 2.05) is 0 Å². The van der Waals surface area contributed by atoms with Crippen LogP contribution in [-0.2, 0) is 9.53 Å². The second kappa shape index (κ2) is 7.67. The molecular weight excluding hydrogens is 216 g/mol. The second-order valence-electron chi connectivity index (χ2n) is 5.01. The van der Waals surface area contributed by atoms with Crippen molar-refractivity contribution < 1.29 is 9.53 Å². The summed E-state index contributed by atoms with van der Waals surface area (Å²) >= 11 is 0. The molecule has 0 aromatic heterocycles. The van der Waals surface area contributed by atoms with Gasteiger partial charge in [-0.25, -0.2) is 0 Å². The molecule has 1 saturated heterocycles. The van der Waals surface area contributed by atoms with E-state index in [2.05, 4.69) is 31.1 Å². The van der Waals surface area contributed by atoms with Crippen LogP contribution < -0.4 is 5.32 Å². The van der Waals surface area contributed by atoms with Crippen LogP contribution in [0, 0.1) is 0 Å². The Bertz CT molecular complexity index is 233. The highest BCUT2D eigenvalue weighted by Crippen LogP contribution is 2.14. The van der Waals surface area contributed by atoms with E-state index in [-0.39, 0.29) is 5.97 Å². The summed E-state index contributed by atoms with van der Waals surface area (Å²) < 4.78 is 5.11. The van der Waals surface area contributed by atoms with Crippen molar-refractivity contribution in [1.29, 1.82) is 0 Å². The molecule has 0 bridgehead atoms. The molecule has 0 radical (unpaired) electrons. The number of hydrogen-bond acceptors (Lipinski definition) is 4. The molecular formula is C13H26N2O2. The van der Waals surface area contributed by atoms with Crippen molar-refractivity contribution in [2.24, 2.45) is 0 Å². The number of nitrogens with one attached hydrogen (secondary N) is 1. The van der Waals surface area contributed by atoms with Crippen molar-refractivity contribution in [1.82, 2.24) is 10.2 Å². The van der Waals surface area contributed by atoms with Crippen molar-refractivity contribution in [2.45, 2.75) is 51.6 Å². The SMILES string of the molecule is CCCCOC(=O)CNC1CCN(C)C(C)C1. The Morgan fingerprint density at radius 1 is 1.53 bits per heavy atom. The number of unbranched alkanes of at least 4 members (excludes halogenated alkanes) is 1. The summed E-state index contributed by atoms with van der Waals surface area (Å²) in [6.07, 6.45) is 4.24. The molecule has 0 aromatic carbocycles. The van der Waals surface area contributed by atoms with Gasteiger partial charge in [0.25, 0.3) is 0 Å². The van der Waals surface area contributed by atoms with Crippen LogP contribution in [0.15, 0.2) is 0 Å². The molecule has 4 heteroatoms. The van der Waals surface area contributed by atoms with Crippen molar-refractivity contribution >= 4 is 5.97 Å². The molecule has 1 fully saturated rings. The van der Waals surface area contributed by atoms with Gasteiger partial charge in [0.05, 0.1) is 13.2 Å². The number of hydrogen-bond donors (Lipinski definition) is 1. The Morgan fingerprint density at radius 2 is 2.29 bits per heavy atom. The first kappa shape index (κ1) is 14.5. The Morgan fingerprint density at radius 3 is 2.94 bits per heavy atom. The number of piperidine rings is 1. The molecule has 0 saturated carbocycles. The van der Waals surface area contributed by atoms with Gasteiger partial charge in [-0.15, -0.1) is 0 Å². The standard InChI is InChI=1S/C13H26N2O2/c1-4-5-8-17-13(16)10-14-12-6-7-15(3)11(2)9-12/h11-12,14H,4-10H2,1-3H3. The fourth-order valence-electron chi connectivity index (χ4n) is 2.08. The third-order valence-corrected chi connectivity index (χ3v) is 3.50. The van der Waals surface area contributed by atoms with E-state index in [0.29, 0.717) is 25.2 Å². The maximum atomic E-state index is 11.4. The maximum Gasteiger partial charge on any atom is 0.319 e. The summed E-state index contributed by atoms with van der Waals surface area (Å²) in [5.74, 6) is -0.120. The van der Waals surface area contributed by atoms with Crippen LogP contribution in [0.5, 0.6) is 0 Å². The molecule has 100 valence electrons. The summed E-state index contributed by atoms with van der Waals surface area (Å²) in [4.78, 5) is 13.8. The van der Waals surface area contributed by atoms with Crippen molar-refractivity contribution in [2.75, 3.05) is 26.7 Å². The fraction of sp³-hybridized carbons (Fsp3) is 0.923. The molecule has 0 amide bonds. The lowest BCUT2D eigenvalue weighted by Crippen LogP contribution is -2.46. The Balaban J connectivity index is 2.11. The first-order chi connectivity index (χ1) is 8.13. The molecule has 2 unspecified atom stereocenters. The molecule has 1 aliphatic heterocycles. The van der Waals surface area contributed by atoms with E-state index >= 15 is 0 Å². The van der Waals surface area contributed by atoms with Gasteiger partial charge in [0.1, 0.15) is 0 Å². The predicted molar refractivity (Wildman–Crippen MR) is 69.0 cm³/mol. The minimum atomic E-state index is -0.120. The first-order valence-electron chi connectivity index (χ1n) is 6.72. The van der Waals surface area contributed by atoms with Gasteiger partial charge in [0.15, 0.2) is 0 Å². The third-order valence-electron chi connectivity index (χ3n) is 3.50. The third kappa shape index (κ3) is 5.50. The average molecular weight is 242 g/mol. The molecule has 1 heterocycles. The summed E-state index contributed by atoms with van der Waals surface area (Å²) in [6.45, 7) is 6.33. The second-order valence-corrected chi connectivity index (χ2v) is 5.01. The van der Waals surface area contributed by atoms with E-state index in [1.54, 1.807) is 0 Å². The molecule has 0 aliphatic carbocycles. The summed E-state index contributed by atoms with van der Waals surface area (Å²) in [6, 6.07) is 1.05. The topological polar surface area (TPSA) is 41.6 Å². The summed E-state index contributed by atoms with van der Waals surface area (Å²) in [5.41, 5.74) is 0. The number of carbonyl (C=O) groups is 1. The van der Waals surface area contributed by atoms with Gasteiger partial charge in [-0.3, -0.25) is 4.79 Å². The molecule has 1 aliphatic rings. The molecule has 0 aromatic rings. The number of carbonyl (C=O) groups excluding carboxylic acids is 1. The van der Waals surface area contributed by atoms with Gasteiger partial charge < -0.3 is 15.0 Å². The van der Waals surface area contributed by atoms with Crippen LogP contribution in [0.25, 0.3) is 0 Å². The van der Waals surface area contributed by atoms with Crippen LogP contribution in [0.1, 0.15) is 39.5 Å². The molecule has 1 rings (SSSR count). The average Bonchev–Trinajstić information content (AvgIpc) is 2.31. The normalized spacial score (nSPS) is 25.8. The Labute approximate surface area is 105 Å². The van der Waals surface area contributed by atoms with E-state index in [0.717, 1.165) is 32.2 Å². The Hall–Kier alpha value is -0.610. The highest BCUT2D eigenvalue weighted by atomic mass is 16.5. The molecule has 2 atom stereocenters. The van der Waals surface area contributed by atoms with Gasteiger partial charge in [0, 0.05) is 12.1 Å². The number of ether oxygens (including phenoxy) is 1. The minimum absolute atomic E-state index is 0.120. The van der Waals surface area contributed by atoms with E-state index in [1.165, 1.54) is 0 Å². The lowest BCUT2D eigenvalue weighted by molar-refractivity contribution is -0.142.